The van der Waals surface area contributed by atoms with Gasteiger partial charge >= 0.3 is 5.97 Å². The Labute approximate surface area is 168 Å². The van der Waals surface area contributed by atoms with E-state index in [1.165, 1.54) is 35.6 Å². The molecule has 1 atom stereocenters. The van der Waals surface area contributed by atoms with Crippen LogP contribution in [0, 0.1) is 5.92 Å². The van der Waals surface area contributed by atoms with Crippen LogP contribution >= 0.6 is 22.9 Å². The van der Waals surface area contributed by atoms with E-state index in [2.05, 4.69) is 11.6 Å². The van der Waals surface area contributed by atoms with Crippen LogP contribution in [0.2, 0.25) is 5.02 Å². The fourth-order valence-electron chi connectivity index (χ4n) is 3.10. The van der Waals surface area contributed by atoms with Gasteiger partial charge in [-0.15, -0.1) is 11.3 Å². The number of sulfonamides is 1. The average Bonchev–Trinajstić information content (AvgIpc) is 2.96. The summed E-state index contributed by atoms with van der Waals surface area (Å²) < 4.78 is 33.5. The van der Waals surface area contributed by atoms with Crippen molar-refractivity contribution >= 4 is 43.9 Å². The van der Waals surface area contributed by atoms with Crippen molar-refractivity contribution < 1.29 is 17.9 Å². The molecule has 2 aromatic rings. The monoisotopic (exact) mass is 427 g/mol. The molecule has 5 nitrogen and oxygen atoms in total. The van der Waals surface area contributed by atoms with Crippen LogP contribution in [-0.2, 0) is 27.6 Å². The van der Waals surface area contributed by atoms with Crippen molar-refractivity contribution in [2.45, 2.75) is 44.4 Å². The number of thiophene rings is 1. The highest BCUT2D eigenvalue weighted by molar-refractivity contribution is 7.93. The van der Waals surface area contributed by atoms with Crippen molar-refractivity contribution in [3.8, 4) is 0 Å². The van der Waals surface area contributed by atoms with Crippen molar-refractivity contribution in [1.82, 2.24) is 0 Å². The SMILES string of the molecule is CCCOC(=O)c1c(NS(=O)(=O)c2ccc(Cl)cc2)sc2c1CC[C@H](C)C2. The van der Waals surface area contributed by atoms with Crippen LogP contribution in [0.5, 0.6) is 0 Å². The van der Waals surface area contributed by atoms with Gasteiger partial charge in [0.15, 0.2) is 0 Å². The molecule has 1 aromatic carbocycles. The average molecular weight is 428 g/mol. The fraction of sp³-hybridized carbons (Fsp3) is 0.421. The first kappa shape index (κ1) is 20.2. The summed E-state index contributed by atoms with van der Waals surface area (Å²) in [7, 11) is -3.83. The van der Waals surface area contributed by atoms with E-state index in [9.17, 15) is 13.2 Å². The summed E-state index contributed by atoms with van der Waals surface area (Å²) in [6.07, 6.45) is 3.28. The van der Waals surface area contributed by atoms with Gasteiger partial charge in [0.2, 0.25) is 0 Å². The zero-order valence-electron chi connectivity index (χ0n) is 15.2. The summed E-state index contributed by atoms with van der Waals surface area (Å²) in [6.45, 7) is 4.39. The summed E-state index contributed by atoms with van der Waals surface area (Å²) in [6, 6.07) is 5.92. The lowest BCUT2D eigenvalue weighted by atomic mass is 9.88. The van der Waals surface area contributed by atoms with Crippen LogP contribution in [-0.4, -0.2) is 21.0 Å². The number of hydrogen-bond acceptors (Lipinski definition) is 5. The third-order valence-electron chi connectivity index (χ3n) is 4.50. The normalized spacial score (nSPS) is 16.6. The minimum absolute atomic E-state index is 0.0968. The van der Waals surface area contributed by atoms with Gasteiger partial charge in [0.25, 0.3) is 10.0 Å². The Bertz CT molecular complexity index is 935. The van der Waals surface area contributed by atoms with Gasteiger partial charge in [-0.25, -0.2) is 13.2 Å². The lowest BCUT2D eigenvalue weighted by molar-refractivity contribution is 0.0505. The quantitative estimate of drug-likeness (QED) is 0.666. The minimum atomic E-state index is -3.83. The highest BCUT2D eigenvalue weighted by Crippen LogP contribution is 2.41. The first-order chi connectivity index (χ1) is 12.8. The van der Waals surface area contributed by atoms with Gasteiger partial charge in [0.1, 0.15) is 5.00 Å². The Morgan fingerprint density at radius 1 is 1.33 bits per heavy atom. The zero-order chi connectivity index (χ0) is 19.6. The van der Waals surface area contributed by atoms with E-state index < -0.39 is 16.0 Å². The lowest BCUT2D eigenvalue weighted by Gasteiger charge is -2.18. The Kier molecular flexibility index (Phi) is 6.13. The van der Waals surface area contributed by atoms with Gasteiger partial charge in [-0.3, -0.25) is 4.72 Å². The molecule has 0 spiro atoms. The van der Waals surface area contributed by atoms with Gasteiger partial charge in [0.05, 0.1) is 17.1 Å². The smallest absolute Gasteiger partial charge is 0.341 e. The summed E-state index contributed by atoms with van der Waals surface area (Å²) in [5.41, 5.74) is 1.29. The number of rotatable bonds is 6. The number of anilines is 1. The van der Waals surface area contributed by atoms with Gasteiger partial charge in [-0.05, 0) is 61.4 Å². The second-order valence-electron chi connectivity index (χ2n) is 6.75. The number of hydrogen-bond donors (Lipinski definition) is 1. The van der Waals surface area contributed by atoms with Crippen LogP contribution < -0.4 is 4.72 Å². The number of benzene rings is 1. The maximum Gasteiger partial charge on any atom is 0.341 e. The molecule has 27 heavy (non-hydrogen) atoms. The minimum Gasteiger partial charge on any atom is -0.462 e. The predicted molar refractivity (Wildman–Crippen MR) is 108 cm³/mol. The maximum absolute atomic E-state index is 12.8. The lowest BCUT2D eigenvalue weighted by Crippen LogP contribution is -2.17. The molecular weight excluding hydrogens is 406 g/mol. The number of ether oxygens (including phenoxy) is 1. The first-order valence-corrected chi connectivity index (χ1v) is 11.6. The number of esters is 1. The molecule has 1 aliphatic carbocycles. The van der Waals surface area contributed by atoms with Crippen molar-refractivity contribution in [3.63, 3.8) is 0 Å². The van der Waals surface area contributed by atoms with E-state index >= 15 is 0 Å². The van der Waals surface area contributed by atoms with Crippen LogP contribution in [0.1, 0.15) is 47.5 Å². The molecular formula is C19H22ClNO4S2. The van der Waals surface area contributed by atoms with Crippen molar-refractivity contribution in [3.05, 3.63) is 45.3 Å². The van der Waals surface area contributed by atoms with E-state index in [0.717, 1.165) is 29.7 Å². The van der Waals surface area contributed by atoms with Crippen LogP contribution in [0.3, 0.4) is 0 Å². The van der Waals surface area contributed by atoms with E-state index in [-0.39, 0.29) is 4.90 Å². The van der Waals surface area contributed by atoms with Crippen molar-refractivity contribution in [2.24, 2.45) is 5.92 Å². The Hall–Kier alpha value is -1.57. The second-order valence-corrected chi connectivity index (χ2v) is 9.98. The summed E-state index contributed by atoms with van der Waals surface area (Å²) in [5, 5.41) is 0.795. The van der Waals surface area contributed by atoms with Gasteiger partial charge in [0, 0.05) is 9.90 Å². The predicted octanol–water partition coefficient (Wildman–Crippen LogP) is 4.89. The highest BCUT2D eigenvalue weighted by atomic mass is 35.5. The standard InChI is InChI=1S/C19H22ClNO4S2/c1-3-10-25-19(22)17-15-9-4-12(2)11-16(15)26-18(17)21-27(23,24)14-7-5-13(20)6-8-14/h5-8,12,21H,3-4,9-11H2,1-2H3/t12-/m0/s1. The number of nitrogens with one attached hydrogen (secondary N) is 1. The largest absolute Gasteiger partial charge is 0.462 e. The first-order valence-electron chi connectivity index (χ1n) is 8.92. The maximum atomic E-state index is 12.8. The number of fused-ring (bicyclic) bond motifs is 1. The molecule has 0 unspecified atom stereocenters. The zero-order valence-corrected chi connectivity index (χ0v) is 17.6. The van der Waals surface area contributed by atoms with Gasteiger partial charge < -0.3 is 4.74 Å². The molecule has 3 rings (SSSR count). The Morgan fingerprint density at radius 2 is 2.04 bits per heavy atom. The molecule has 0 radical (unpaired) electrons. The van der Waals surface area contributed by atoms with Crippen molar-refractivity contribution in [1.29, 1.82) is 0 Å². The Morgan fingerprint density at radius 3 is 2.70 bits per heavy atom. The molecule has 0 amide bonds. The van der Waals surface area contributed by atoms with E-state index in [0.29, 0.717) is 34.5 Å². The third-order valence-corrected chi connectivity index (χ3v) is 7.42. The molecule has 146 valence electrons. The molecule has 1 heterocycles. The molecule has 0 aliphatic heterocycles. The molecule has 8 heteroatoms. The molecule has 0 saturated heterocycles. The molecule has 0 fully saturated rings. The van der Waals surface area contributed by atoms with Crippen LogP contribution in [0.25, 0.3) is 0 Å². The molecule has 1 aromatic heterocycles. The van der Waals surface area contributed by atoms with Crippen LogP contribution in [0.4, 0.5) is 5.00 Å². The number of carbonyl (C=O) groups is 1. The van der Waals surface area contributed by atoms with Crippen LogP contribution in [0.15, 0.2) is 29.2 Å². The van der Waals surface area contributed by atoms with E-state index in [1.54, 1.807) is 0 Å². The second kappa shape index (κ2) is 8.20. The highest BCUT2D eigenvalue weighted by Gasteiger charge is 2.30. The van der Waals surface area contributed by atoms with E-state index in [4.69, 9.17) is 16.3 Å². The summed E-state index contributed by atoms with van der Waals surface area (Å²) in [5.74, 6) is 0.0501. The topological polar surface area (TPSA) is 72.5 Å². The summed E-state index contributed by atoms with van der Waals surface area (Å²) >= 11 is 7.18. The number of carbonyl (C=O) groups excluding carboxylic acids is 1. The van der Waals surface area contributed by atoms with E-state index in [1.807, 2.05) is 6.92 Å². The third kappa shape index (κ3) is 4.47. The van der Waals surface area contributed by atoms with Gasteiger partial charge in [-0.1, -0.05) is 25.4 Å². The molecule has 0 bridgehead atoms. The summed E-state index contributed by atoms with van der Waals surface area (Å²) in [4.78, 5) is 13.8. The number of halogens is 1. The van der Waals surface area contributed by atoms with Crippen molar-refractivity contribution in [2.75, 3.05) is 11.3 Å². The van der Waals surface area contributed by atoms with Gasteiger partial charge in [-0.2, -0.15) is 0 Å². The fourth-order valence-corrected chi connectivity index (χ4v) is 5.93. The molecule has 1 aliphatic rings. The molecule has 1 N–H and O–H groups in total. The molecule has 0 saturated carbocycles. The Balaban J connectivity index is 1.98.